The number of nitrogens with one attached hydrogen (secondary N) is 2. The number of amides is 2. The number of rotatable bonds is 19. The quantitative estimate of drug-likeness (QED) is 0.0223. The highest BCUT2D eigenvalue weighted by molar-refractivity contribution is 5.81. The molecule has 1 heterocycles. The minimum atomic E-state index is -1.83. The van der Waals surface area contributed by atoms with Crippen LogP contribution in [0.2, 0.25) is 0 Å². The highest BCUT2D eigenvalue weighted by atomic mass is 16.5. The standard InChI is InChI=1S/C27H45N3O8.C6H12O5.H2O/c1-4-5-6-7-8-9-24(35)29-18-27(2,3)30(38)16-20-12-10-19(11-13-20)15-28-26(37)25(36)22(33)14-21(32)23(34)17-31;7-1-4-6(10)5(9)3(8)2-11-4;/h10-13,16,21-23,25,31-34,36H,4-9,14-15,17-18H2,1-3H3,(H,28,37)(H,29,35);3-10H,1-2H2;1H2/b30-16-;;/t21?,22-,23?,25?;3-,4?,5-,6+;/m11./s1. The Morgan fingerprint density at radius 3 is 2.16 bits per heavy atom. The minimum absolute atomic E-state index is 0. The number of hydroxylamine groups is 1. The van der Waals surface area contributed by atoms with Gasteiger partial charge in [0.25, 0.3) is 5.91 Å². The molecule has 0 spiro atoms. The number of benzene rings is 1. The van der Waals surface area contributed by atoms with Crippen LogP contribution in [0.4, 0.5) is 0 Å². The third-order valence-corrected chi connectivity index (χ3v) is 8.07. The lowest BCUT2D eigenvalue weighted by Crippen LogP contribution is -2.53. The van der Waals surface area contributed by atoms with Crippen molar-refractivity contribution in [3.8, 4) is 0 Å². The van der Waals surface area contributed by atoms with Crippen molar-refractivity contribution in [2.24, 2.45) is 0 Å². The van der Waals surface area contributed by atoms with Gasteiger partial charge in [0.15, 0.2) is 17.9 Å². The van der Waals surface area contributed by atoms with Crippen LogP contribution in [0, 0.1) is 5.21 Å². The first-order valence-corrected chi connectivity index (χ1v) is 16.6. The fraction of sp³-hybridized carbons (Fsp3) is 0.727. The van der Waals surface area contributed by atoms with E-state index in [1.165, 1.54) is 12.6 Å². The number of carbonyl (C=O) groups is 2. The van der Waals surface area contributed by atoms with E-state index < -0.39 is 73.3 Å². The number of carbonyl (C=O) groups excluding carboxylic acids is 2. The Labute approximate surface area is 292 Å². The summed E-state index contributed by atoms with van der Waals surface area (Å²) < 4.78 is 5.61. The Morgan fingerprint density at radius 2 is 1.58 bits per heavy atom. The van der Waals surface area contributed by atoms with Crippen molar-refractivity contribution in [2.45, 2.75) is 127 Å². The maximum Gasteiger partial charge on any atom is 0.251 e. The molecule has 1 aromatic rings. The summed E-state index contributed by atoms with van der Waals surface area (Å²) in [5.41, 5.74) is 0.440. The van der Waals surface area contributed by atoms with Gasteiger partial charge in [-0.1, -0.05) is 44.7 Å². The molecule has 0 aliphatic carbocycles. The van der Waals surface area contributed by atoms with Gasteiger partial charge in [-0.05, 0) is 24.1 Å². The maximum atomic E-state index is 12.7. The summed E-state index contributed by atoms with van der Waals surface area (Å²) in [7, 11) is 0. The molecule has 4 unspecified atom stereocenters. The monoisotopic (exact) mass is 721 g/mol. The van der Waals surface area contributed by atoms with Crippen molar-refractivity contribution < 1.29 is 70.5 Å². The molecule has 50 heavy (non-hydrogen) atoms. The van der Waals surface area contributed by atoms with E-state index in [0.29, 0.717) is 17.5 Å². The number of hydrogen-bond acceptors (Lipinski definition) is 13. The van der Waals surface area contributed by atoms with Crippen LogP contribution < -0.4 is 10.6 Å². The van der Waals surface area contributed by atoms with Crippen LogP contribution in [0.5, 0.6) is 0 Å². The molecule has 0 bridgehead atoms. The molecule has 17 nitrogen and oxygen atoms in total. The Morgan fingerprint density at radius 1 is 0.960 bits per heavy atom. The van der Waals surface area contributed by atoms with E-state index in [1.807, 2.05) is 0 Å². The molecule has 1 aromatic carbocycles. The molecule has 13 N–H and O–H groups in total. The summed E-state index contributed by atoms with van der Waals surface area (Å²) in [6, 6.07) is 6.76. The lowest BCUT2D eigenvalue weighted by molar-refractivity contribution is -0.533. The zero-order valence-electron chi connectivity index (χ0n) is 29.1. The first kappa shape index (κ1) is 47.2. The average Bonchev–Trinajstić information content (AvgIpc) is 3.08. The van der Waals surface area contributed by atoms with Crippen LogP contribution in [0.15, 0.2) is 24.3 Å². The summed E-state index contributed by atoms with van der Waals surface area (Å²) in [6.45, 7) is 4.74. The van der Waals surface area contributed by atoms with Gasteiger partial charge in [-0.25, -0.2) is 4.74 Å². The number of nitrogens with zero attached hydrogens (tertiary/aromatic N) is 1. The van der Waals surface area contributed by atoms with E-state index in [4.69, 9.17) is 30.3 Å². The van der Waals surface area contributed by atoms with E-state index in [9.17, 15) is 35.2 Å². The van der Waals surface area contributed by atoms with Crippen LogP contribution in [-0.2, 0) is 20.9 Å². The van der Waals surface area contributed by atoms with E-state index in [-0.39, 0.29) is 37.7 Å². The minimum Gasteiger partial charge on any atom is -0.623 e. The number of aliphatic hydroxyl groups excluding tert-OH is 9. The molecule has 1 saturated heterocycles. The Kier molecular flexibility index (Phi) is 23.0. The van der Waals surface area contributed by atoms with Crippen molar-refractivity contribution in [1.29, 1.82) is 0 Å². The van der Waals surface area contributed by atoms with Crippen molar-refractivity contribution in [3.05, 3.63) is 40.6 Å². The zero-order valence-corrected chi connectivity index (χ0v) is 29.1. The molecule has 0 aromatic heterocycles. The normalized spacial score (nSPS) is 21.8. The van der Waals surface area contributed by atoms with E-state index in [2.05, 4.69) is 17.6 Å². The second-order valence-corrected chi connectivity index (χ2v) is 12.8. The highest BCUT2D eigenvalue weighted by Crippen LogP contribution is 2.15. The SMILES string of the molecule is CCCCCCCC(=O)NCC(C)(C)/[N+]([O-])=C/c1ccc(CNC(=O)C(O)[C@H](O)CC(O)C(O)CO)cc1.O.OCC1OC[C@@H](O)[C@@H](O)[C@H]1O. The molecule has 2 rings (SSSR count). The molecule has 1 aliphatic rings. The zero-order chi connectivity index (χ0) is 37.1. The summed E-state index contributed by atoms with van der Waals surface area (Å²) >= 11 is 0. The van der Waals surface area contributed by atoms with Gasteiger partial charge in [0.2, 0.25) is 5.91 Å². The molecule has 1 aliphatic heterocycles. The summed E-state index contributed by atoms with van der Waals surface area (Å²) in [4.78, 5) is 24.2. The summed E-state index contributed by atoms with van der Waals surface area (Å²) in [5, 5.41) is 101. The molecule has 17 heteroatoms. The van der Waals surface area contributed by atoms with Crippen LogP contribution in [0.3, 0.4) is 0 Å². The third kappa shape index (κ3) is 16.9. The Hall–Kier alpha value is -2.81. The van der Waals surface area contributed by atoms with Crippen LogP contribution in [0.1, 0.15) is 76.8 Å². The lowest BCUT2D eigenvalue weighted by Gasteiger charge is -2.34. The van der Waals surface area contributed by atoms with Gasteiger partial charge >= 0.3 is 0 Å². The molecule has 290 valence electrons. The van der Waals surface area contributed by atoms with E-state index >= 15 is 0 Å². The van der Waals surface area contributed by atoms with E-state index in [0.717, 1.165) is 30.4 Å². The van der Waals surface area contributed by atoms with Crippen LogP contribution in [0.25, 0.3) is 0 Å². The maximum absolute atomic E-state index is 12.7. The number of aliphatic hydroxyl groups is 9. The summed E-state index contributed by atoms with van der Waals surface area (Å²) in [6.07, 6.45) is -4.05. The fourth-order valence-electron chi connectivity index (χ4n) is 4.55. The van der Waals surface area contributed by atoms with Gasteiger partial charge < -0.3 is 72.0 Å². The third-order valence-electron chi connectivity index (χ3n) is 8.07. The van der Waals surface area contributed by atoms with Gasteiger partial charge in [0.1, 0.15) is 30.5 Å². The van der Waals surface area contributed by atoms with Gasteiger partial charge in [0.05, 0.1) is 38.6 Å². The van der Waals surface area contributed by atoms with Crippen molar-refractivity contribution in [3.63, 3.8) is 0 Å². The molecular formula is C33H59N3O14. The van der Waals surface area contributed by atoms with Crippen LogP contribution >= 0.6 is 0 Å². The fourth-order valence-corrected chi connectivity index (χ4v) is 4.55. The first-order chi connectivity index (χ1) is 23.1. The van der Waals surface area contributed by atoms with Gasteiger partial charge in [-0.3, -0.25) is 9.59 Å². The molecule has 8 atom stereocenters. The van der Waals surface area contributed by atoms with Crippen LogP contribution in [-0.4, -0.2) is 155 Å². The number of unbranched alkanes of at least 4 members (excludes halogenated alkanes) is 4. The second kappa shape index (κ2) is 24.4. The summed E-state index contributed by atoms with van der Waals surface area (Å²) in [5.74, 6) is -0.930. The molecular weight excluding hydrogens is 662 g/mol. The largest absolute Gasteiger partial charge is 0.623 e. The van der Waals surface area contributed by atoms with Crippen molar-refractivity contribution in [2.75, 3.05) is 26.4 Å². The average molecular weight is 722 g/mol. The predicted octanol–water partition coefficient (Wildman–Crippen LogP) is -3.05. The Balaban J connectivity index is 0.00000169. The van der Waals surface area contributed by atoms with E-state index in [1.54, 1.807) is 38.1 Å². The van der Waals surface area contributed by atoms with Gasteiger partial charge in [-0.2, -0.15) is 0 Å². The topological polar surface area (TPSA) is 307 Å². The lowest BCUT2D eigenvalue weighted by atomic mass is 10.0. The van der Waals surface area contributed by atoms with Gasteiger partial charge in [0, 0.05) is 38.8 Å². The molecule has 0 saturated carbocycles. The second-order valence-electron chi connectivity index (χ2n) is 12.8. The molecule has 1 fully saturated rings. The first-order valence-electron chi connectivity index (χ1n) is 16.6. The smallest absolute Gasteiger partial charge is 0.251 e. The molecule has 0 radical (unpaired) electrons. The van der Waals surface area contributed by atoms with Crippen molar-refractivity contribution >= 4 is 18.0 Å². The predicted molar refractivity (Wildman–Crippen MR) is 182 cm³/mol. The molecule has 2 amide bonds. The van der Waals surface area contributed by atoms with Gasteiger partial charge in [-0.15, -0.1) is 0 Å². The number of hydrogen-bond donors (Lipinski definition) is 11. The number of ether oxygens (including phenoxy) is 1. The highest BCUT2D eigenvalue weighted by Gasteiger charge is 2.37. The van der Waals surface area contributed by atoms with Crippen molar-refractivity contribution in [1.82, 2.24) is 10.6 Å². The Bertz CT molecular complexity index is 1120.